The van der Waals surface area contributed by atoms with Crippen molar-refractivity contribution in [3.63, 3.8) is 0 Å². The van der Waals surface area contributed by atoms with E-state index in [1.165, 1.54) is 11.8 Å². The summed E-state index contributed by atoms with van der Waals surface area (Å²) in [6, 6.07) is 18.0. The second-order valence-electron chi connectivity index (χ2n) is 9.87. The van der Waals surface area contributed by atoms with Crippen LogP contribution >= 0.6 is 0 Å². The molecule has 1 aliphatic rings. The van der Waals surface area contributed by atoms with Crippen molar-refractivity contribution >= 4 is 31.8 Å². The number of aromatic nitrogens is 5. The van der Waals surface area contributed by atoms with E-state index in [1.807, 2.05) is 32.3 Å². The molecule has 0 bridgehead atoms. The fourth-order valence-electron chi connectivity index (χ4n) is 5.71. The molecule has 6 rings (SSSR count). The fourth-order valence-corrected chi connectivity index (χ4v) is 6.36. The third-order valence-corrected chi connectivity index (χ3v) is 8.55. The Morgan fingerprint density at radius 2 is 1.78 bits per heavy atom. The molecule has 0 radical (unpaired) electrons. The van der Waals surface area contributed by atoms with Crippen molar-refractivity contribution in [1.82, 2.24) is 24.5 Å². The lowest BCUT2D eigenvalue weighted by atomic mass is 9.86. The topological polar surface area (TPSA) is 91.9 Å². The first-order chi connectivity index (χ1) is 17.8. The molecular weight excluding hydrogens is 486 g/mol. The molecule has 1 atom stereocenters. The van der Waals surface area contributed by atoms with Crippen molar-refractivity contribution in [3.8, 4) is 11.3 Å². The zero-order valence-electron chi connectivity index (χ0n) is 21.1. The molecule has 0 spiro atoms. The summed E-state index contributed by atoms with van der Waals surface area (Å²) in [7, 11) is -1.51. The van der Waals surface area contributed by atoms with Crippen LogP contribution in [0.3, 0.4) is 0 Å². The molecule has 4 heterocycles. The SMILES string of the molecule is Cc1nnn(C)c1-c1cnc2c3ccc(S(C)(=O)=O)cc3n([C@H](c3ccccc3)C3CCOCC3)c2c1. The summed E-state index contributed by atoms with van der Waals surface area (Å²) in [5, 5.41) is 9.35. The van der Waals surface area contributed by atoms with Crippen molar-refractivity contribution in [2.24, 2.45) is 13.0 Å². The van der Waals surface area contributed by atoms with Crippen LogP contribution in [0.4, 0.5) is 0 Å². The third-order valence-electron chi connectivity index (χ3n) is 7.44. The standard InChI is InChI=1S/C28H29N5O3S/c1-18-27(32(2)31-30-18)21-15-25-26(29-17-21)23-10-9-22(37(3,34)35)16-24(23)33(25)28(19-7-5-4-6-8-19)20-11-13-36-14-12-20/h4-10,15-17,20,28H,11-14H2,1-3H3/t28-/m1/s1. The van der Waals surface area contributed by atoms with Crippen LogP contribution < -0.4 is 0 Å². The van der Waals surface area contributed by atoms with Gasteiger partial charge in [-0.15, -0.1) is 5.10 Å². The van der Waals surface area contributed by atoms with E-state index in [2.05, 4.69) is 45.2 Å². The van der Waals surface area contributed by atoms with Crippen molar-refractivity contribution in [2.45, 2.75) is 30.7 Å². The van der Waals surface area contributed by atoms with E-state index in [0.717, 1.165) is 51.7 Å². The van der Waals surface area contributed by atoms with Gasteiger partial charge in [0.2, 0.25) is 0 Å². The van der Waals surface area contributed by atoms with Gasteiger partial charge in [0, 0.05) is 43.7 Å². The Morgan fingerprint density at radius 1 is 1.03 bits per heavy atom. The van der Waals surface area contributed by atoms with Gasteiger partial charge in [0.1, 0.15) is 0 Å². The van der Waals surface area contributed by atoms with E-state index in [1.54, 1.807) is 16.8 Å². The monoisotopic (exact) mass is 515 g/mol. The highest BCUT2D eigenvalue weighted by Gasteiger charge is 2.30. The van der Waals surface area contributed by atoms with Crippen LogP contribution in [-0.4, -0.2) is 52.4 Å². The van der Waals surface area contributed by atoms with Crippen molar-refractivity contribution in [2.75, 3.05) is 19.5 Å². The minimum atomic E-state index is -3.39. The lowest BCUT2D eigenvalue weighted by Crippen LogP contribution is -2.27. The maximum absolute atomic E-state index is 12.6. The first-order valence-electron chi connectivity index (χ1n) is 12.5. The average molecular weight is 516 g/mol. The quantitative estimate of drug-likeness (QED) is 0.337. The predicted octanol–water partition coefficient (Wildman–Crippen LogP) is 4.71. The van der Waals surface area contributed by atoms with E-state index in [0.29, 0.717) is 24.0 Å². The summed E-state index contributed by atoms with van der Waals surface area (Å²) >= 11 is 0. The molecule has 9 heteroatoms. The maximum Gasteiger partial charge on any atom is 0.175 e. The first-order valence-corrected chi connectivity index (χ1v) is 14.3. The molecule has 2 aromatic carbocycles. The van der Waals surface area contributed by atoms with Crippen LogP contribution in [-0.2, 0) is 21.6 Å². The highest BCUT2D eigenvalue weighted by molar-refractivity contribution is 7.90. The van der Waals surface area contributed by atoms with Gasteiger partial charge in [-0.25, -0.2) is 13.1 Å². The Kier molecular flexibility index (Phi) is 5.84. The van der Waals surface area contributed by atoms with E-state index in [9.17, 15) is 8.42 Å². The summed E-state index contributed by atoms with van der Waals surface area (Å²) in [5.74, 6) is 0.320. The lowest BCUT2D eigenvalue weighted by Gasteiger charge is -2.33. The molecule has 5 aromatic rings. The molecule has 3 aromatic heterocycles. The van der Waals surface area contributed by atoms with Gasteiger partial charge < -0.3 is 9.30 Å². The molecule has 0 amide bonds. The molecule has 0 saturated carbocycles. The third kappa shape index (κ3) is 4.12. The van der Waals surface area contributed by atoms with Crippen molar-refractivity contribution < 1.29 is 13.2 Å². The van der Waals surface area contributed by atoms with Crippen LogP contribution in [0.25, 0.3) is 33.2 Å². The Balaban J connectivity index is 1.71. The van der Waals surface area contributed by atoms with Crippen LogP contribution in [0.2, 0.25) is 0 Å². The Morgan fingerprint density at radius 3 is 2.46 bits per heavy atom. The number of aryl methyl sites for hydroxylation is 2. The van der Waals surface area contributed by atoms with E-state index >= 15 is 0 Å². The molecular formula is C28H29N5O3S. The number of fused-ring (bicyclic) bond motifs is 3. The van der Waals surface area contributed by atoms with Gasteiger partial charge in [-0.3, -0.25) is 4.98 Å². The van der Waals surface area contributed by atoms with Crippen LogP contribution in [0.5, 0.6) is 0 Å². The largest absolute Gasteiger partial charge is 0.381 e. The number of hydrogen-bond donors (Lipinski definition) is 0. The van der Waals surface area contributed by atoms with E-state index < -0.39 is 9.84 Å². The number of rotatable bonds is 5. The molecule has 8 nitrogen and oxygen atoms in total. The van der Waals surface area contributed by atoms with Crippen molar-refractivity contribution in [1.29, 1.82) is 0 Å². The average Bonchev–Trinajstić information content (AvgIpc) is 3.40. The summed E-state index contributed by atoms with van der Waals surface area (Å²) in [4.78, 5) is 5.22. The fraction of sp³-hybridized carbons (Fsp3) is 0.321. The molecule has 0 N–H and O–H groups in total. The summed E-state index contributed by atoms with van der Waals surface area (Å²) in [6.45, 7) is 3.36. The first kappa shape index (κ1) is 23.8. The maximum atomic E-state index is 12.6. The van der Waals surface area contributed by atoms with Crippen LogP contribution in [0.1, 0.15) is 30.1 Å². The smallest absolute Gasteiger partial charge is 0.175 e. The van der Waals surface area contributed by atoms with Gasteiger partial charge >= 0.3 is 0 Å². The van der Waals surface area contributed by atoms with E-state index in [4.69, 9.17) is 9.72 Å². The molecule has 0 unspecified atom stereocenters. The zero-order valence-corrected chi connectivity index (χ0v) is 21.9. The number of nitrogens with zero attached hydrogens (tertiary/aromatic N) is 5. The minimum absolute atomic E-state index is 0.0114. The number of benzene rings is 2. The summed E-state index contributed by atoms with van der Waals surface area (Å²) in [5.41, 5.74) is 6.51. The van der Waals surface area contributed by atoms with Gasteiger partial charge in [-0.1, -0.05) is 35.5 Å². The van der Waals surface area contributed by atoms with Gasteiger partial charge in [-0.05, 0) is 55.5 Å². The number of ether oxygens (including phenoxy) is 1. The lowest BCUT2D eigenvalue weighted by molar-refractivity contribution is 0.0553. The van der Waals surface area contributed by atoms with Gasteiger partial charge in [0.25, 0.3) is 0 Å². The second-order valence-corrected chi connectivity index (χ2v) is 11.9. The Bertz CT molecular complexity index is 1700. The Hall–Kier alpha value is -3.56. The van der Waals surface area contributed by atoms with Crippen molar-refractivity contribution in [3.05, 3.63) is 72.1 Å². The Labute approximate surface area is 215 Å². The minimum Gasteiger partial charge on any atom is -0.381 e. The second kappa shape index (κ2) is 9.08. The molecule has 1 aliphatic heterocycles. The summed E-state index contributed by atoms with van der Waals surface area (Å²) in [6.07, 6.45) is 4.95. The van der Waals surface area contributed by atoms with Crippen LogP contribution in [0.15, 0.2) is 65.7 Å². The van der Waals surface area contributed by atoms with Gasteiger partial charge in [-0.2, -0.15) is 0 Å². The molecule has 37 heavy (non-hydrogen) atoms. The number of hydrogen-bond acceptors (Lipinski definition) is 6. The highest BCUT2D eigenvalue weighted by Crippen LogP contribution is 2.41. The number of sulfone groups is 1. The highest BCUT2D eigenvalue weighted by atomic mass is 32.2. The molecule has 0 aliphatic carbocycles. The normalized spacial score (nSPS) is 16.0. The summed E-state index contributed by atoms with van der Waals surface area (Å²) < 4.78 is 34.9. The van der Waals surface area contributed by atoms with Gasteiger partial charge in [0.05, 0.1) is 38.9 Å². The number of pyridine rings is 1. The van der Waals surface area contributed by atoms with Gasteiger partial charge in [0.15, 0.2) is 9.84 Å². The zero-order chi connectivity index (χ0) is 25.7. The molecule has 1 fully saturated rings. The van der Waals surface area contributed by atoms with E-state index in [-0.39, 0.29) is 6.04 Å². The molecule has 190 valence electrons. The molecule has 1 saturated heterocycles. The predicted molar refractivity (Wildman–Crippen MR) is 143 cm³/mol. The van der Waals surface area contributed by atoms with Crippen LogP contribution in [0, 0.1) is 12.8 Å².